The van der Waals surface area contributed by atoms with E-state index >= 15 is 0 Å². The Hall–Kier alpha value is -2.50. The van der Waals surface area contributed by atoms with E-state index in [4.69, 9.17) is 5.11 Å². The number of carbonyl (C=O) groups is 4. The number of amides is 2. The number of carboxylic acids is 1. The van der Waals surface area contributed by atoms with Gasteiger partial charge in [0.1, 0.15) is 0 Å². The first kappa shape index (κ1) is 12.9. The second-order valence-electron chi connectivity index (χ2n) is 4.17. The van der Waals surface area contributed by atoms with Crippen molar-refractivity contribution < 1.29 is 24.3 Å². The van der Waals surface area contributed by atoms with E-state index in [1.54, 1.807) is 12.1 Å². The topological polar surface area (TPSA) is 91.8 Å². The Bertz CT molecular complexity index is 543. The van der Waals surface area contributed by atoms with Crippen molar-refractivity contribution in [3.8, 4) is 0 Å². The number of nitrogens with zero attached hydrogens (tertiary/aromatic N) is 1. The molecule has 0 saturated carbocycles. The lowest BCUT2D eigenvalue weighted by Gasteiger charge is -2.12. The van der Waals surface area contributed by atoms with E-state index in [2.05, 4.69) is 0 Å². The molecule has 0 aromatic heterocycles. The highest BCUT2D eigenvalue weighted by atomic mass is 16.4. The fraction of sp³-hybridized carbons (Fsp3) is 0.231. The second kappa shape index (κ2) is 5.01. The Morgan fingerprint density at radius 3 is 2.00 bits per heavy atom. The number of hydrogen-bond donors (Lipinski definition) is 1. The third-order valence-corrected chi connectivity index (χ3v) is 2.83. The molecule has 0 bridgehead atoms. The Kier molecular flexibility index (Phi) is 3.41. The minimum absolute atomic E-state index is 0.192. The third-order valence-electron chi connectivity index (χ3n) is 2.83. The maximum Gasteiger partial charge on any atom is 0.303 e. The van der Waals surface area contributed by atoms with Crippen LogP contribution in [0.5, 0.6) is 0 Å². The van der Waals surface area contributed by atoms with E-state index in [1.807, 2.05) is 0 Å². The molecule has 98 valence electrons. The largest absolute Gasteiger partial charge is 0.481 e. The minimum atomic E-state index is -1.09. The molecular formula is C13H11NO5. The van der Waals surface area contributed by atoms with Gasteiger partial charge in [-0.2, -0.15) is 0 Å². The summed E-state index contributed by atoms with van der Waals surface area (Å²) in [5, 5.41) is 8.47. The zero-order valence-corrected chi connectivity index (χ0v) is 9.96. The highest BCUT2D eigenvalue weighted by Crippen LogP contribution is 2.22. The molecule has 19 heavy (non-hydrogen) atoms. The molecule has 0 radical (unpaired) electrons. The average molecular weight is 262 g/mol. The summed E-state index contributed by atoms with van der Waals surface area (Å²) in [6.07, 6.45) is -0.495. The molecule has 2 amide bonds. The van der Waals surface area contributed by atoms with Crippen molar-refractivity contribution in [2.24, 2.45) is 0 Å². The van der Waals surface area contributed by atoms with Gasteiger partial charge < -0.3 is 5.11 Å². The molecule has 1 aromatic carbocycles. The number of carbonyl (C=O) groups excluding carboxylic acids is 3. The van der Waals surface area contributed by atoms with Gasteiger partial charge in [-0.05, 0) is 12.1 Å². The molecule has 0 spiro atoms. The predicted octanol–water partition coefficient (Wildman–Crippen LogP) is 0.716. The first-order chi connectivity index (χ1) is 9.00. The molecule has 0 saturated heterocycles. The number of rotatable bonds is 5. The summed E-state index contributed by atoms with van der Waals surface area (Å²) in [6.45, 7) is -0.375. The van der Waals surface area contributed by atoms with Crippen LogP contribution in [-0.2, 0) is 9.59 Å². The van der Waals surface area contributed by atoms with Crippen molar-refractivity contribution in [1.29, 1.82) is 0 Å². The second-order valence-corrected chi connectivity index (χ2v) is 4.17. The fourth-order valence-corrected chi connectivity index (χ4v) is 1.88. The summed E-state index contributed by atoms with van der Waals surface area (Å²) < 4.78 is 0. The standard InChI is InChI=1S/C13H11NO5/c15-8(5-6-11(16)17)7-14-12(18)9-3-1-2-4-10(9)13(14)19/h1-4H,5-7H2,(H,16,17)/i14+1. The van der Waals surface area contributed by atoms with Crippen LogP contribution in [0.15, 0.2) is 24.3 Å². The van der Waals surface area contributed by atoms with E-state index < -0.39 is 23.6 Å². The SMILES string of the molecule is O=C(O)CCC(=O)C[15N]1C(=O)c2ccccc2C1=O. The zero-order valence-electron chi connectivity index (χ0n) is 9.96. The van der Waals surface area contributed by atoms with Crippen molar-refractivity contribution in [3.63, 3.8) is 0 Å². The maximum absolute atomic E-state index is 11.9. The van der Waals surface area contributed by atoms with Crippen molar-refractivity contribution in [1.82, 2.24) is 4.90 Å². The van der Waals surface area contributed by atoms with Gasteiger partial charge >= 0.3 is 5.97 Å². The first-order valence-electron chi connectivity index (χ1n) is 5.69. The predicted molar refractivity (Wildman–Crippen MR) is 63.7 cm³/mol. The summed E-state index contributed by atoms with van der Waals surface area (Å²) in [6, 6.07) is 6.33. The first-order valence-corrected chi connectivity index (χ1v) is 5.69. The normalized spacial score (nSPS) is 13.6. The van der Waals surface area contributed by atoms with Crippen LogP contribution in [0.2, 0.25) is 0 Å². The van der Waals surface area contributed by atoms with Gasteiger partial charge in [-0.25, -0.2) is 0 Å². The van der Waals surface area contributed by atoms with Crippen LogP contribution >= 0.6 is 0 Å². The highest BCUT2D eigenvalue weighted by molar-refractivity contribution is 6.22. The number of hydrogen-bond acceptors (Lipinski definition) is 4. The Morgan fingerprint density at radius 1 is 1.00 bits per heavy atom. The van der Waals surface area contributed by atoms with E-state index in [1.165, 1.54) is 12.1 Å². The number of fused-ring (bicyclic) bond motifs is 1. The van der Waals surface area contributed by atoms with Crippen molar-refractivity contribution in [2.45, 2.75) is 12.8 Å². The quantitative estimate of drug-likeness (QED) is 0.623. The number of imide groups is 1. The van der Waals surface area contributed by atoms with Crippen LogP contribution in [0.25, 0.3) is 0 Å². The van der Waals surface area contributed by atoms with E-state index in [9.17, 15) is 19.2 Å². The van der Waals surface area contributed by atoms with E-state index in [0.29, 0.717) is 0 Å². The monoisotopic (exact) mass is 262 g/mol. The van der Waals surface area contributed by atoms with Crippen molar-refractivity contribution in [2.75, 3.05) is 6.54 Å². The molecule has 1 aliphatic heterocycles. The minimum Gasteiger partial charge on any atom is -0.481 e. The molecular weight excluding hydrogens is 251 g/mol. The van der Waals surface area contributed by atoms with Crippen molar-refractivity contribution in [3.05, 3.63) is 35.4 Å². The van der Waals surface area contributed by atoms with Crippen LogP contribution in [0.3, 0.4) is 0 Å². The molecule has 6 heteroatoms. The summed E-state index contributed by atoms with van der Waals surface area (Å²) in [5.74, 6) is -2.55. The molecule has 1 aromatic rings. The average Bonchev–Trinajstić information content (AvgIpc) is 2.62. The van der Waals surface area contributed by atoms with Gasteiger partial charge in [-0.15, -0.1) is 0 Å². The maximum atomic E-state index is 11.9. The van der Waals surface area contributed by atoms with E-state index in [-0.39, 0.29) is 30.5 Å². The van der Waals surface area contributed by atoms with Crippen LogP contribution in [0.4, 0.5) is 0 Å². The van der Waals surface area contributed by atoms with Gasteiger partial charge in [0.05, 0.1) is 24.1 Å². The molecule has 6 nitrogen and oxygen atoms in total. The number of Topliss-reactive ketones (excluding diaryl/α,β-unsaturated/α-hetero) is 1. The van der Waals surface area contributed by atoms with Crippen molar-refractivity contribution >= 4 is 23.6 Å². The van der Waals surface area contributed by atoms with Gasteiger partial charge in [-0.3, -0.25) is 24.1 Å². The Balaban J connectivity index is 2.08. The number of aliphatic carboxylic acids is 1. The summed E-state index contributed by atoms with van der Waals surface area (Å²) in [7, 11) is 0. The lowest BCUT2D eigenvalue weighted by atomic mass is 10.1. The molecule has 0 atom stereocenters. The lowest BCUT2D eigenvalue weighted by Crippen LogP contribution is -2.35. The zero-order chi connectivity index (χ0) is 14.0. The van der Waals surface area contributed by atoms with Gasteiger partial charge in [0.25, 0.3) is 11.8 Å². The van der Waals surface area contributed by atoms with E-state index in [0.717, 1.165) is 4.90 Å². The lowest BCUT2D eigenvalue weighted by molar-refractivity contribution is -0.138. The fourth-order valence-electron chi connectivity index (χ4n) is 1.88. The highest BCUT2D eigenvalue weighted by Gasteiger charge is 2.35. The van der Waals surface area contributed by atoms with Crippen LogP contribution < -0.4 is 0 Å². The van der Waals surface area contributed by atoms with Crippen LogP contribution in [-0.4, -0.2) is 40.1 Å². The molecule has 1 aliphatic rings. The van der Waals surface area contributed by atoms with Gasteiger partial charge in [0.2, 0.25) is 0 Å². The third kappa shape index (κ3) is 2.52. The molecule has 1 heterocycles. The number of ketones is 1. The summed E-state index contributed by atoms with van der Waals surface area (Å²) in [4.78, 5) is 46.6. The number of benzene rings is 1. The molecule has 2 rings (SSSR count). The molecule has 1 N–H and O–H groups in total. The van der Waals surface area contributed by atoms with Gasteiger partial charge in [-0.1, -0.05) is 12.1 Å². The molecule has 0 aliphatic carbocycles. The Morgan fingerprint density at radius 2 is 1.53 bits per heavy atom. The summed E-state index contributed by atoms with van der Waals surface area (Å²) in [5.41, 5.74) is 0.553. The smallest absolute Gasteiger partial charge is 0.303 e. The molecule has 0 unspecified atom stereocenters. The Labute approximate surface area is 108 Å². The van der Waals surface area contributed by atoms with Gasteiger partial charge in [0, 0.05) is 6.42 Å². The van der Waals surface area contributed by atoms with Crippen LogP contribution in [0, 0.1) is 0 Å². The van der Waals surface area contributed by atoms with Gasteiger partial charge in [0.15, 0.2) is 5.78 Å². The molecule has 0 fully saturated rings. The summed E-state index contributed by atoms with van der Waals surface area (Å²) >= 11 is 0. The van der Waals surface area contributed by atoms with Crippen LogP contribution in [0.1, 0.15) is 33.6 Å². The number of carboxylic acid groups (broad SMARTS) is 1.